The number of amides is 1. The molecule has 0 heterocycles. The molecule has 0 atom stereocenters. The summed E-state index contributed by atoms with van der Waals surface area (Å²) < 4.78 is 29.0. The van der Waals surface area contributed by atoms with Crippen LogP contribution in [0.2, 0.25) is 0 Å². The molecule has 1 amide bonds. The molecule has 0 radical (unpaired) electrons. The highest BCUT2D eigenvalue weighted by molar-refractivity contribution is 5.86. The molecular weight excluding hydrogens is 266 g/mol. The average Bonchev–Trinajstić information content (AvgIpc) is 2.85. The Morgan fingerprint density at radius 3 is 2.65 bits per heavy atom. The zero-order valence-corrected chi connectivity index (χ0v) is 11.1. The van der Waals surface area contributed by atoms with Gasteiger partial charge in [0, 0.05) is 12.1 Å². The Balaban J connectivity index is 1.98. The van der Waals surface area contributed by atoms with Gasteiger partial charge in [0.05, 0.1) is 5.54 Å². The van der Waals surface area contributed by atoms with E-state index in [1.165, 1.54) is 6.07 Å². The van der Waals surface area contributed by atoms with Gasteiger partial charge in [-0.1, -0.05) is 31.0 Å². The Bertz CT molecular complexity index is 474. The highest BCUT2D eigenvalue weighted by Gasteiger charge is 2.36. The van der Waals surface area contributed by atoms with Crippen molar-refractivity contribution in [1.29, 1.82) is 0 Å². The molecule has 0 unspecified atom stereocenters. The molecule has 0 spiro atoms. The Labute approximate surface area is 116 Å². The van der Waals surface area contributed by atoms with Crippen LogP contribution in [0.25, 0.3) is 0 Å². The van der Waals surface area contributed by atoms with Gasteiger partial charge in [-0.2, -0.15) is 8.78 Å². The fourth-order valence-electron chi connectivity index (χ4n) is 2.45. The van der Waals surface area contributed by atoms with Crippen LogP contribution in [0.1, 0.15) is 31.2 Å². The molecule has 4 nitrogen and oxygen atoms in total. The van der Waals surface area contributed by atoms with Crippen LogP contribution in [0.5, 0.6) is 5.75 Å². The summed E-state index contributed by atoms with van der Waals surface area (Å²) in [6.07, 6.45) is 3.20. The predicted molar refractivity (Wildman–Crippen MR) is 70.3 cm³/mol. The molecule has 0 aliphatic heterocycles. The van der Waals surface area contributed by atoms with Crippen LogP contribution in [0.3, 0.4) is 0 Å². The van der Waals surface area contributed by atoms with Crippen molar-refractivity contribution in [2.24, 2.45) is 5.73 Å². The first-order valence-corrected chi connectivity index (χ1v) is 6.61. The van der Waals surface area contributed by atoms with Gasteiger partial charge in [0.25, 0.3) is 0 Å². The summed E-state index contributed by atoms with van der Waals surface area (Å²) in [5.74, 6) is -0.165. The number of hydrogen-bond donors (Lipinski definition) is 2. The van der Waals surface area contributed by atoms with Crippen molar-refractivity contribution in [2.45, 2.75) is 44.4 Å². The molecule has 1 aromatic rings. The number of carbonyl (C=O) groups is 1. The third-order valence-electron chi connectivity index (χ3n) is 3.58. The predicted octanol–water partition coefficient (Wildman–Crippen LogP) is 2.18. The van der Waals surface area contributed by atoms with Crippen molar-refractivity contribution < 1.29 is 18.3 Å². The molecular formula is C14H18F2N2O2. The average molecular weight is 284 g/mol. The van der Waals surface area contributed by atoms with Crippen LogP contribution in [0.15, 0.2) is 24.3 Å². The summed E-state index contributed by atoms with van der Waals surface area (Å²) in [5, 5.41) is 2.71. The van der Waals surface area contributed by atoms with Crippen LogP contribution >= 0.6 is 0 Å². The number of hydrogen-bond acceptors (Lipinski definition) is 3. The number of rotatable bonds is 5. The zero-order chi connectivity index (χ0) is 14.6. The second kappa shape index (κ2) is 6.17. The molecule has 1 fully saturated rings. The largest absolute Gasteiger partial charge is 0.434 e. The van der Waals surface area contributed by atoms with Crippen LogP contribution in [0, 0.1) is 0 Å². The molecule has 1 saturated carbocycles. The highest BCUT2D eigenvalue weighted by atomic mass is 19.3. The molecule has 0 saturated heterocycles. The number of para-hydroxylation sites is 1. The van der Waals surface area contributed by atoms with E-state index in [0.717, 1.165) is 12.8 Å². The number of halogens is 2. The van der Waals surface area contributed by atoms with E-state index in [1.54, 1.807) is 18.2 Å². The number of nitrogens with two attached hydrogens (primary N) is 1. The second-order valence-electron chi connectivity index (χ2n) is 5.03. The minimum Gasteiger partial charge on any atom is -0.434 e. The van der Waals surface area contributed by atoms with E-state index in [9.17, 15) is 13.6 Å². The zero-order valence-electron chi connectivity index (χ0n) is 11.1. The number of ether oxygens (including phenoxy) is 1. The molecule has 0 aromatic heterocycles. The minimum atomic E-state index is -2.89. The Hall–Kier alpha value is -1.69. The maximum Gasteiger partial charge on any atom is 0.387 e. The minimum absolute atomic E-state index is 0.0697. The van der Waals surface area contributed by atoms with Gasteiger partial charge in [0.1, 0.15) is 5.75 Å². The third-order valence-corrected chi connectivity index (χ3v) is 3.58. The van der Waals surface area contributed by atoms with E-state index in [-0.39, 0.29) is 18.2 Å². The SMILES string of the molecule is NC1(C(=O)NCc2ccccc2OC(F)F)CCCC1. The van der Waals surface area contributed by atoms with Crippen molar-refractivity contribution in [1.82, 2.24) is 5.32 Å². The van der Waals surface area contributed by atoms with E-state index in [0.29, 0.717) is 18.4 Å². The number of carbonyl (C=O) groups excluding carboxylic acids is 1. The smallest absolute Gasteiger partial charge is 0.387 e. The second-order valence-corrected chi connectivity index (χ2v) is 5.03. The third kappa shape index (κ3) is 3.45. The highest BCUT2D eigenvalue weighted by Crippen LogP contribution is 2.27. The Morgan fingerprint density at radius 2 is 2.00 bits per heavy atom. The molecule has 2 rings (SSSR count). The van der Waals surface area contributed by atoms with Crippen LogP contribution < -0.4 is 15.8 Å². The molecule has 110 valence electrons. The van der Waals surface area contributed by atoms with E-state index in [2.05, 4.69) is 10.1 Å². The maximum absolute atomic E-state index is 12.3. The summed E-state index contributed by atoms with van der Waals surface area (Å²) in [5.41, 5.74) is 5.70. The molecule has 20 heavy (non-hydrogen) atoms. The Kier molecular flexibility index (Phi) is 4.54. The molecule has 6 heteroatoms. The lowest BCUT2D eigenvalue weighted by molar-refractivity contribution is -0.126. The first kappa shape index (κ1) is 14.7. The first-order valence-electron chi connectivity index (χ1n) is 6.61. The van der Waals surface area contributed by atoms with Gasteiger partial charge in [-0.25, -0.2) is 0 Å². The lowest BCUT2D eigenvalue weighted by atomic mass is 9.98. The van der Waals surface area contributed by atoms with Crippen molar-refractivity contribution in [3.63, 3.8) is 0 Å². The van der Waals surface area contributed by atoms with Gasteiger partial charge in [0.2, 0.25) is 5.91 Å². The van der Waals surface area contributed by atoms with E-state index >= 15 is 0 Å². The summed E-state index contributed by atoms with van der Waals surface area (Å²) in [7, 11) is 0. The Morgan fingerprint density at radius 1 is 1.35 bits per heavy atom. The molecule has 1 aliphatic carbocycles. The fraction of sp³-hybridized carbons (Fsp3) is 0.500. The standard InChI is InChI=1S/C14H18F2N2O2/c15-13(16)20-11-6-2-1-5-10(11)9-18-12(19)14(17)7-3-4-8-14/h1-2,5-6,13H,3-4,7-9,17H2,(H,18,19). The monoisotopic (exact) mass is 284 g/mol. The summed E-state index contributed by atoms with van der Waals surface area (Å²) in [6, 6.07) is 6.38. The van der Waals surface area contributed by atoms with Crippen LogP contribution in [-0.4, -0.2) is 18.1 Å². The topological polar surface area (TPSA) is 64.4 Å². The normalized spacial score (nSPS) is 17.2. The maximum atomic E-state index is 12.3. The summed E-state index contributed by atoms with van der Waals surface area (Å²) in [4.78, 5) is 12.0. The van der Waals surface area contributed by atoms with Gasteiger partial charge in [0.15, 0.2) is 0 Å². The van der Waals surface area contributed by atoms with Gasteiger partial charge in [-0.3, -0.25) is 4.79 Å². The molecule has 1 aromatic carbocycles. The van der Waals surface area contributed by atoms with Gasteiger partial charge >= 0.3 is 6.61 Å². The quantitative estimate of drug-likeness (QED) is 0.871. The number of alkyl halides is 2. The first-order chi connectivity index (χ1) is 9.51. The lowest BCUT2D eigenvalue weighted by Gasteiger charge is -2.22. The van der Waals surface area contributed by atoms with Gasteiger partial charge in [-0.05, 0) is 18.9 Å². The van der Waals surface area contributed by atoms with Gasteiger partial charge < -0.3 is 15.8 Å². The van der Waals surface area contributed by atoms with Crippen molar-refractivity contribution in [3.05, 3.63) is 29.8 Å². The van der Waals surface area contributed by atoms with Gasteiger partial charge in [-0.15, -0.1) is 0 Å². The number of benzene rings is 1. The molecule has 0 bridgehead atoms. The summed E-state index contributed by atoms with van der Waals surface area (Å²) in [6.45, 7) is -2.76. The van der Waals surface area contributed by atoms with E-state index < -0.39 is 12.2 Å². The van der Waals surface area contributed by atoms with Crippen LogP contribution in [-0.2, 0) is 11.3 Å². The van der Waals surface area contributed by atoms with Crippen molar-refractivity contribution in [3.8, 4) is 5.75 Å². The summed E-state index contributed by atoms with van der Waals surface area (Å²) >= 11 is 0. The van der Waals surface area contributed by atoms with Crippen molar-refractivity contribution in [2.75, 3.05) is 0 Å². The lowest BCUT2D eigenvalue weighted by Crippen LogP contribution is -2.51. The molecule has 3 N–H and O–H groups in total. The van der Waals surface area contributed by atoms with E-state index in [4.69, 9.17) is 5.73 Å². The van der Waals surface area contributed by atoms with Crippen molar-refractivity contribution >= 4 is 5.91 Å². The van der Waals surface area contributed by atoms with Crippen LogP contribution in [0.4, 0.5) is 8.78 Å². The fourth-order valence-corrected chi connectivity index (χ4v) is 2.45. The number of nitrogens with one attached hydrogen (secondary N) is 1. The van der Waals surface area contributed by atoms with E-state index in [1.807, 2.05) is 0 Å². The molecule has 1 aliphatic rings.